The molecule has 0 aliphatic heterocycles. The van der Waals surface area contributed by atoms with Crippen LogP contribution in [0.15, 0.2) is 23.2 Å². The third-order valence-electron chi connectivity index (χ3n) is 5.12. The molecule has 2 nitrogen and oxygen atoms in total. The van der Waals surface area contributed by atoms with E-state index in [1.807, 2.05) is 13.0 Å². The number of H-pyrrole nitrogens is 1. The van der Waals surface area contributed by atoms with E-state index in [1.165, 1.54) is 5.57 Å². The molecule has 2 aliphatic rings. The van der Waals surface area contributed by atoms with E-state index in [0.717, 1.165) is 23.2 Å². The van der Waals surface area contributed by atoms with Gasteiger partial charge in [0.1, 0.15) is 11.9 Å². The molecule has 0 saturated heterocycles. The van der Waals surface area contributed by atoms with E-state index < -0.39 is 6.17 Å². The lowest BCUT2D eigenvalue weighted by Crippen LogP contribution is -2.29. The second kappa shape index (κ2) is 6.40. The zero-order valence-corrected chi connectivity index (χ0v) is 15.2. The van der Waals surface area contributed by atoms with Crippen LogP contribution >= 0.6 is 9.24 Å². The monoisotopic (exact) mass is 331 g/mol. The second-order valence-corrected chi connectivity index (χ2v) is 8.05. The molecule has 0 bridgehead atoms. The molecule has 5 unspecified atom stereocenters. The summed E-state index contributed by atoms with van der Waals surface area (Å²) in [5, 5.41) is 0. The SMILES string of the molecule is CC1=Cc2cc(C(=O)BC3=CC(P)CC(F)C3C)[nH]c2C(C)C1. The molecule has 0 spiro atoms. The van der Waals surface area contributed by atoms with Crippen molar-refractivity contribution in [2.75, 3.05) is 0 Å². The lowest BCUT2D eigenvalue weighted by molar-refractivity contribution is 0.107. The van der Waals surface area contributed by atoms with E-state index in [2.05, 4.69) is 40.2 Å². The molecule has 0 saturated carbocycles. The Bertz CT molecular complexity index is 693. The van der Waals surface area contributed by atoms with E-state index in [4.69, 9.17) is 0 Å². The molecule has 0 amide bonds. The molecule has 1 N–H and O–H groups in total. The predicted octanol–water partition coefficient (Wildman–Crippen LogP) is 4.01. The van der Waals surface area contributed by atoms with Gasteiger partial charge in [0.25, 0.3) is 0 Å². The van der Waals surface area contributed by atoms with Crippen molar-refractivity contribution in [3.05, 3.63) is 40.1 Å². The molecular weight excluding hydrogens is 307 g/mol. The van der Waals surface area contributed by atoms with Gasteiger partial charge in [0, 0.05) is 17.5 Å². The zero-order chi connectivity index (χ0) is 16.7. The molecule has 0 aromatic carbocycles. The number of nitrogens with one attached hydrogen (secondary N) is 1. The van der Waals surface area contributed by atoms with Crippen molar-refractivity contribution in [3.8, 4) is 0 Å². The third kappa shape index (κ3) is 3.38. The van der Waals surface area contributed by atoms with Crippen molar-refractivity contribution < 1.29 is 9.18 Å². The Morgan fingerprint density at radius 1 is 1.43 bits per heavy atom. The maximum atomic E-state index is 14.0. The van der Waals surface area contributed by atoms with Gasteiger partial charge in [-0.2, -0.15) is 0 Å². The average molecular weight is 331 g/mol. The van der Waals surface area contributed by atoms with Crippen molar-refractivity contribution in [2.24, 2.45) is 5.92 Å². The number of allylic oxidation sites excluding steroid dienone is 3. The molecule has 1 heterocycles. The highest BCUT2D eigenvalue weighted by atomic mass is 31.0. The lowest BCUT2D eigenvalue weighted by atomic mass is 9.58. The molecule has 122 valence electrons. The molecule has 1 aromatic rings. The van der Waals surface area contributed by atoms with Crippen LogP contribution in [-0.2, 0) is 0 Å². The highest BCUT2D eigenvalue weighted by Crippen LogP contribution is 2.34. The first-order chi connectivity index (χ1) is 10.8. The molecule has 0 radical (unpaired) electrons. The van der Waals surface area contributed by atoms with Crippen LogP contribution < -0.4 is 0 Å². The fourth-order valence-corrected chi connectivity index (χ4v) is 4.27. The van der Waals surface area contributed by atoms with Crippen molar-refractivity contribution in [3.63, 3.8) is 0 Å². The van der Waals surface area contributed by atoms with Crippen molar-refractivity contribution in [1.82, 2.24) is 4.98 Å². The fraction of sp³-hybridized carbons (Fsp3) is 0.500. The second-order valence-electron chi connectivity index (χ2n) is 7.19. The molecule has 5 atom stereocenters. The number of halogens is 1. The number of hydrogen-bond donors (Lipinski definition) is 1. The minimum atomic E-state index is -0.854. The normalized spacial score (nSPS) is 30.3. The third-order valence-corrected chi connectivity index (χ3v) is 5.59. The van der Waals surface area contributed by atoms with Gasteiger partial charge in [-0.25, -0.2) is 4.39 Å². The van der Waals surface area contributed by atoms with Gasteiger partial charge in [-0.15, -0.1) is 9.24 Å². The standard InChI is InChI=1S/C18H24BFNOP/c1-9-4-10(2)17-12(5-9)6-16(21-17)18(22)19-14-7-13(23)8-15(20)11(14)3/h5-7,10-11,13,15,19,21H,4,8,23H2,1-3H3. The summed E-state index contributed by atoms with van der Waals surface area (Å²) in [4.78, 5) is 16.0. The number of aromatic nitrogens is 1. The summed E-state index contributed by atoms with van der Waals surface area (Å²) in [5.41, 5.74) is 5.40. The zero-order valence-electron chi connectivity index (χ0n) is 14.0. The Morgan fingerprint density at radius 3 is 2.91 bits per heavy atom. The van der Waals surface area contributed by atoms with Crippen LogP contribution in [0.5, 0.6) is 0 Å². The first-order valence-electron chi connectivity index (χ1n) is 8.38. The van der Waals surface area contributed by atoms with Crippen LogP contribution in [0.3, 0.4) is 0 Å². The van der Waals surface area contributed by atoms with Crippen LogP contribution in [0.2, 0.25) is 0 Å². The first kappa shape index (κ1) is 16.7. The highest BCUT2D eigenvalue weighted by molar-refractivity contribution is 7.18. The number of rotatable bonds is 3. The Hall–Kier alpha value is -1.15. The van der Waals surface area contributed by atoms with Gasteiger partial charge in [0.15, 0.2) is 0 Å². The van der Waals surface area contributed by atoms with Gasteiger partial charge in [-0.3, -0.25) is 0 Å². The van der Waals surface area contributed by atoms with Crippen LogP contribution in [0.1, 0.15) is 61.3 Å². The largest absolute Gasteiger partial charge is 0.356 e. The van der Waals surface area contributed by atoms with Gasteiger partial charge >= 0.3 is 0 Å². The Morgan fingerprint density at radius 2 is 2.17 bits per heavy atom. The number of hydrogen-bond acceptors (Lipinski definition) is 1. The maximum absolute atomic E-state index is 14.0. The molecule has 23 heavy (non-hydrogen) atoms. The summed E-state index contributed by atoms with van der Waals surface area (Å²) in [6.45, 7) is 6.19. The Kier molecular flexibility index (Phi) is 4.64. The quantitative estimate of drug-likeness (QED) is 0.659. The lowest BCUT2D eigenvalue weighted by Gasteiger charge is -2.27. The predicted molar refractivity (Wildman–Crippen MR) is 99.2 cm³/mol. The van der Waals surface area contributed by atoms with Crippen LogP contribution in [0.4, 0.5) is 4.39 Å². The smallest absolute Gasteiger partial charge is 0.242 e. The summed E-state index contributed by atoms with van der Waals surface area (Å²) < 4.78 is 14.0. The summed E-state index contributed by atoms with van der Waals surface area (Å²) in [6, 6.07) is 1.95. The van der Waals surface area contributed by atoms with E-state index in [0.29, 0.717) is 25.3 Å². The highest BCUT2D eigenvalue weighted by Gasteiger charge is 2.30. The number of alkyl halides is 1. The van der Waals surface area contributed by atoms with Crippen LogP contribution in [-0.4, -0.2) is 29.8 Å². The van der Waals surface area contributed by atoms with E-state index in [1.54, 1.807) is 0 Å². The van der Waals surface area contributed by atoms with E-state index in [9.17, 15) is 9.18 Å². The number of carbonyl (C=O) groups excluding carboxylic acids is 1. The van der Waals surface area contributed by atoms with Crippen molar-refractivity contribution in [1.29, 1.82) is 0 Å². The van der Waals surface area contributed by atoms with Gasteiger partial charge in [-0.1, -0.05) is 37.0 Å². The van der Waals surface area contributed by atoms with Gasteiger partial charge in [0.05, 0.1) is 5.69 Å². The summed E-state index contributed by atoms with van der Waals surface area (Å²) in [7, 11) is 2.97. The minimum absolute atomic E-state index is 0.0575. The number of carbonyl (C=O) groups is 1. The van der Waals surface area contributed by atoms with Crippen LogP contribution in [0, 0.1) is 5.92 Å². The van der Waals surface area contributed by atoms with Crippen molar-refractivity contribution >= 4 is 28.3 Å². The first-order valence-corrected chi connectivity index (χ1v) is 9.05. The molecule has 1 aromatic heterocycles. The minimum Gasteiger partial charge on any atom is -0.356 e. The van der Waals surface area contributed by atoms with Gasteiger partial charge in [0.2, 0.25) is 7.28 Å². The molecule has 0 fully saturated rings. The summed E-state index contributed by atoms with van der Waals surface area (Å²) in [5.74, 6) is 0.248. The maximum Gasteiger partial charge on any atom is 0.242 e. The molecule has 5 heteroatoms. The van der Waals surface area contributed by atoms with Gasteiger partial charge < -0.3 is 9.78 Å². The van der Waals surface area contributed by atoms with E-state index >= 15 is 0 Å². The Balaban J connectivity index is 1.81. The average Bonchev–Trinajstić information content (AvgIpc) is 2.88. The molecular formula is C18H24BFNOP. The summed E-state index contributed by atoms with van der Waals surface area (Å²) >= 11 is 0. The van der Waals surface area contributed by atoms with Crippen molar-refractivity contribution in [2.45, 2.75) is 51.4 Å². The fourth-order valence-electron chi connectivity index (χ4n) is 3.77. The van der Waals surface area contributed by atoms with Gasteiger partial charge in [-0.05, 0) is 37.1 Å². The van der Waals surface area contributed by atoms with E-state index in [-0.39, 0.29) is 17.3 Å². The van der Waals surface area contributed by atoms with Crippen LogP contribution in [0.25, 0.3) is 6.08 Å². The topological polar surface area (TPSA) is 32.9 Å². The molecule has 3 rings (SSSR count). The molecule has 2 aliphatic carbocycles. The number of fused-ring (bicyclic) bond motifs is 1. The Labute approximate surface area is 140 Å². The number of aromatic amines is 1. The summed E-state index contributed by atoms with van der Waals surface area (Å²) in [6.07, 6.45) is 4.91.